The molecule has 2 heterocycles. The monoisotopic (exact) mass is 312 g/mol. The number of allylic oxidation sites excluding steroid dienone is 2. The molecule has 1 aliphatic rings. The summed E-state index contributed by atoms with van der Waals surface area (Å²) in [6.07, 6.45) is 3.96. The number of benzene rings is 1. The van der Waals surface area contributed by atoms with Gasteiger partial charge < -0.3 is 9.15 Å². The van der Waals surface area contributed by atoms with Gasteiger partial charge in [-0.05, 0) is 52.2 Å². The molecule has 3 rings (SSSR count). The van der Waals surface area contributed by atoms with Crippen LogP contribution in [-0.2, 0) is 5.41 Å². The van der Waals surface area contributed by atoms with Gasteiger partial charge in [0.05, 0.1) is 10.9 Å². The fourth-order valence-corrected chi connectivity index (χ4v) is 3.49. The van der Waals surface area contributed by atoms with Crippen LogP contribution in [0.5, 0.6) is 5.75 Å². The van der Waals surface area contributed by atoms with Crippen molar-refractivity contribution in [2.75, 3.05) is 0 Å². The molecule has 1 aromatic heterocycles. The van der Waals surface area contributed by atoms with E-state index in [2.05, 4.69) is 26.8 Å². The van der Waals surface area contributed by atoms with Crippen molar-refractivity contribution in [1.29, 1.82) is 0 Å². The summed E-state index contributed by atoms with van der Waals surface area (Å²) in [5.41, 5.74) is 3.09. The second-order valence-corrected chi connectivity index (χ2v) is 7.04. The summed E-state index contributed by atoms with van der Waals surface area (Å²) in [7, 11) is 0. The maximum absolute atomic E-state index is 12.6. The minimum absolute atomic E-state index is 0.0452. The molecule has 2 unspecified atom stereocenters. The largest absolute Gasteiger partial charge is 0.488 e. The van der Waals surface area contributed by atoms with Gasteiger partial charge in [-0.15, -0.1) is 0 Å². The summed E-state index contributed by atoms with van der Waals surface area (Å²) in [6, 6.07) is 5.76. The van der Waals surface area contributed by atoms with Crippen molar-refractivity contribution in [1.82, 2.24) is 0 Å². The van der Waals surface area contributed by atoms with Crippen LogP contribution in [0.25, 0.3) is 11.0 Å². The van der Waals surface area contributed by atoms with Gasteiger partial charge in [0.1, 0.15) is 17.4 Å². The Morgan fingerprint density at radius 1 is 1.35 bits per heavy atom. The summed E-state index contributed by atoms with van der Waals surface area (Å²) < 4.78 is 11.8. The quantitative estimate of drug-likeness (QED) is 0.598. The molecule has 0 saturated carbocycles. The van der Waals surface area contributed by atoms with Crippen molar-refractivity contribution < 1.29 is 9.15 Å². The SMILES string of the molecule is CC(C)=CCCC1(C)c2c(c3c(C)cccc3oc2=O)OC1C. The van der Waals surface area contributed by atoms with Crippen molar-refractivity contribution in [2.45, 2.75) is 59.0 Å². The maximum Gasteiger partial charge on any atom is 0.343 e. The van der Waals surface area contributed by atoms with Crippen LogP contribution in [0.15, 0.2) is 39.1 Å². The van der Waals surface area contributed by atoms with Crippen molar-refractivity contribution in [3.63, 3.8) is 0 Å². The third kappa shape index (κ3) is 2.48. The molecule has 0 saturated heterocycles. The first-order chi connectivity index (χ1) is 10.8. The zero-order valence-corrected chi connectivity index (χ0v) is 14.5. The minimum Gasteiger partial charge on any atom is -0.488 e. The number of fused-ring (bicyclic) bond motifs is 3. The highest BCUT2D eigenvalue weighted by Gasteiger charge is 2.46. The lowest BCUT2D eigenvalue weighted by atomic mass is 9.76. The first kappa shape index (κ1) is 15.9. The Morgan fingerprint density at radius 2 is 2.09 bits per heavy atom. The first-order valence-corrected chi connectivity index (χ1v) is 8.21. The number of hydrogen-bond donors (Lipinski definition) is 0. The maximum atomic E-state index is 12.6. The van der Waals surface area contributed by atoms with Gasteiger partial charge in [-0.2, -0.15) is 0 Å². The minimum atomic E-state index is -0.321. The van der Waals surface area contributed by atoms with E-state index >= 15 is 0 Å². The van der Waals surface area contributed by atoms with E-state index in [1.54, 1.807) is 0 Å². The lowest BCUT2D eigenvalue weighted by Gasteiger charge is -2.26. The Bertz CT molecular complexity index is 840. The zero-order chi connectivity index (χ0) is 16.8. The molecule has 0 spiro atoms. The molecule has 3 heteroatoms. The molecular weight excluding hydrogens is 288 g/mol. The number of rotatable bonds is 3. The van der Waals surface area contributed by atoms with Gasteiger partial charge in [-0.1, -0.05) is 30.7 Å². The normalized spacial score (nSPS) is 22.7. The molecule has 122 valence electrons. The second-order valence-electron chi connectivity index (χ2n) is 7.04. The smallest absolute Gasteiger partial charge is 0.343 e. The van der Waals surface area contributed by atoms with Crippen LogP contribution < -0.4 is 10.4 Å². The summed E-state index contributed by atoms with van der Waals surface area (Å²) in [4.78, 5) is 12.6. The van der Waals surface area contributed by atoms with Crippen molar-refractivity contribution in [3.8, 4) is 5.75 Å². The van der Waals surface area contributed by atoms with E-state index in [0.717, 1.165) is 29.5 Å². The Kier molecular flexibility index (Phi) is 3.83. The molecule has 2 aromatic rings. The van der Waals surface area contributed by atoms with Crippen LogP contribution >= 0.6 is 0 Å². The molecule has 0 bridgehead atoms. The molecular formula is C20H24O3. The summed E-state index contributed by atoms with van der Waals surface area (Å²) in [6.45, 7) is 10.4. The van der Waals surface area contributed by atoms with Gasteiger partial charge in [0.25, 0.3) is 0 Å². The molecule has 0 N–H and O–H groups in total. The van der Waals surface area contributed by atoms with Crippen LogP contribution in [0.2, 0.25) is 0 Å². The van der Waals surface area contributed by atoms with Crippen molar-refractivity contribution in [2.24, 2.45) is 0 Å². The van der Waals surface area contributed by atoms with Gasteiger partial charge in [0.2, 0.25) is 0 Å². The Balaban J connectivity index is 2.18. The number of ether oxygens (including phenoxy) is 1. The Hall–Kier alpha value is -2.03. The second kappa shape index (κ2) is 5.55. The standard InChI is InChI=1S/C20H24O3/c1-12(2)8-7-11-20(5)14(4)22-18-16-13(3)9-6-10-15(16)23-19(21)17(18)20/h6,8-10,14H,7,11H2,1-5H3. The average Bonchev–Trinajstić information content (AvgIpc) is 2.71. The van der Waals surface area contributed by atoms with E-state index in [0.29, 0.717) is 11.1 Å². The lowest BCUT2D eigenvalue weighted by Crippen LogP contribution is -2.35. The van der Waals surface area contributed by atoms with Gasteiger partial charge in [0, 0.05) is 5.41 Å². The first-order valence-electron chi connectivity index (χ1n) is 8.21. The van der Waals surface area contributed by atoms with Crippen molar-refractivity contribution in [3.05, 3.63) is 51.4 Å². The van der Waals surface area contributed by atoms with Gasteiger partial charge in [-0.25, -0.2) is 4.79 Å². The highest BCUT2D eigenvalue weighted by Crippen LogP contribution is 2.47. The number of hydrogen-bond acceptors (Lipinski definition) is 3. The highest BCUT2D eigenvalue weighted by atomic mass is 16.5. The van der Waals surface area contributed by atoms with Crippen LogP contribution in [0.4, 0.5) is 0 Å². The number of aryl methyl sites for hydroxylation is 1. The third-order valence-electron chi connectivity index (χ3n) is 5.07. The third-order valence-corrected chi connectivity index (χ3v) is 5.07. The summed E-state index contributed by atoms with van der Waals surface area (Å²) in [5.74, 6) is 0.724. The van der Waals surface area contributed by atoms with E-state index in [-0.39, 0.29) is 17.1 Å². The summed E-state index contributed by atoms with van der Waals surface area (Å²) >= 11 is 0. The predicted octanol–water partition coefficient (Wildman–Crippen LogP) is 4.89. The van der Waals surface area contributed by atoms with Crippen LogP contribution in [0.1, 0.15) is 51.7 Å². The fourth-order valence-electron chi connectivity index (χ4n) is 3.49. The van der Waals surface area contributed by atoms with E-state index < -0.39 is 0 Å². The van der Waals surface area contributed by atoms with E-state index in [1.807, 2.05) is 32.0 Å². The molecule has 0 radical (unpaired) electrons. The van der Waals surface area contributed by atoms with Crippen LogP contribution in [0.3, 0.4) is 0 Å². The molecule has 23 heavy (non-hydrogen) atoms. The van der Waals surface area contributed by atoms with Crippen LogP contribution in [-0.4, -0.2) is 6.10 Å². The van der Waals surface area contributed by atoms with Crippen molar-refractivity contribution >= 4 is 11.0 Å². The van der Waals surface area contributed by atoms with Gasteiger partial charge >= 0.3 is 5.63 Å². The molecule has 2 atom stereocenters. The summed E-state index contributed by atoms with van der Waals surface area (Å²) in [5, 5.41) is 0.930. The fraction of sp³-hybridized carbons (Fsp3) is 0.450. The average molecular weight is 312 g/mol. The van der Waals surface area contributed by atoms with E-state index in [1.165, 1.54) is 5.57 Å². The topological polar surface area (TPSA) is 39.4 Å². The molecule has 0 amide bonds. The Morgan fingerprint density at radius 3 is 2.78 bits per heavy atom. The zero-order valence-electron chi connectivity index (χ0n) is 14.5. The highest BCUT2D eigenvalue weighted by molar-refractivity contribution is 5.88. The van der Waals surface area contributed by atoms with Gasteiger partial charge in [0.15, 0.2) is 0 Å². The molecule has 0 fully saturated rings. The van der Waals surface area contributed by atoms with Gasteiger partial charge in [-0.3, -0.25) is 0 Å². The Labute approximate surface area is 137 Å². The molecule has 1 aromatic carbocycles. The molecule has 0 aliphatic carbocycles. The predicted molar refractivity (Wildman–Crippen MR) is 93.3 cm³/mol. The van der Waals surface area contributed by atoms with Crippen LogP contribution in [0, 0.1) is 6.92 Å². The molecule has 3 nitrogen and oxygen atoms in total. The van der Waals surface area contributed by atoms with E-state index in [9.17, 15) is 4.79 Å². The van der Waals surface area contributed by atoms with E-state index in [4.69, 9.17) is 9.15 Å². The lowest BCUT2D eigenvalue weighted by molar-refractivity contribution is 0.169. The molecule has 1 aliphatic heterocycles.